The highest BCUT2D eigenvalue weighted by Crippen LogP contribution is 2.16. The summed E-state index contributed by atoms with van der Waals surface area (Å²) in [5, 5.41) is 11.2. The molecule has 0 saturated carbocycles. The number of aryl methyl sites for hydroxylation is 2. The molecule has 16 heavy (non-hydrogen) atoms. The highest BCUT2D eigenvalue weighted by Gasteiger charge is 2.09. The van der Waals surface area contributed by atoms with Gasteiger partial charge >= 0.3 is 0 Å². The molecule has 1 amide bonds. The van der Waals surface area contributed by atoms with E-state index in [-0.39, 0.29) is 18.4 Å². The van der Waals surface area contributed by atoms with Crippen LogP contribution in [0, 0.1) is 25.2 Å². The van der Waals surface area contributed by atoms with Gasteiger partial charge in [-0.3, -0.25) is 4.79 Å². The van der Waals surface area contributed by atoms with Gasteiger partial charge in [-0.05, 0) is 37.5 Å². The molecule has 0 aliphatic carbocycles. The van der Waals surface area contributed by atoms with Gasteiger partial charge < -0.3 is 5.32 Å². The van der Waals surface area contributed by atoms with Crippen LogP contribution in [0.1, 0.15) is 36.1 Å². The van der Waals surface area contributed by atoms with E-state index >= 15 is 0 Å². The SMILES string of the molecule is Cc1ccc(C(C)NC(=O)CC#N)cc1C. The molecule has 0 aliphatic heterocycles. The molecule has 0 spiro atoms. The first kappa shape index (κ1) is 12.3. The smallest absolute Gasteiger partial charge is 0.234 e. The molecule has 1 aromatic rings. The molecule has 1 rings (SSSR count). The third kappa shape index (κ3) is 3.09. The Hall–Kier alpha value is -1.82. The number of benzene rings is 1. The lowest BCUT2D eigenvalue weighted by molar-refractivity contribution is -0.120. The van der Waals surface area contributed by atoms with Crippen LogP contribution < -0.4 is 5.32 Å². The third-order valence-corrected chi connectivity index (χ3v) is 2.65. The Morgan fingerprint density at radius 3 is 2.69 bits per heavy atom. The van der Waals surface area contributed by atoms with Crippen molar-refractivity contribution < 1.29 is 4.79 Å². The Morgan fingerprint density at radius 1 is 1.44 bits per heavy atom. The molecule has 1 atom stereocenters. The average Bonchev–Trinajstić information content (AvgIpc) is 2.22. The van der Waals surface area contributed by atoms with Crippen molar-refractivity contribution in [1.82, 2.24) is 5.32 Å². The minimum absolute atomic E-state index is 0.0554. The van der Waals surface area contributed by atoms with Crippen molar-refractivity contribution in [3.05, 3.63) is 34.9 Å². The van der Waals surface area contributed by atoms with Crippen LogP contribution in [0.2, 0.25) is 0 Å². The number of nitrogens with zero attached hydrogens (tertiary/aromatic N) is 1. The number of carbonyl (C=O) groups excluding carboxylic acids is 1. The van der Waals surface area contributed by atoms with E-state index < -0.39 is 0 Å². The van der Waals surface area contributed by atoms with Gasteiger partial charge in [-0.2, -0.15) is 5.26 Å². The monoisotopic (exact) mass is 216 g/mol. The normalized spacial score (nSPS) is 11.6. The molecule has 0 fully saturated rings. The standard InChI is InChI=1S/C13H16N2O/c1-9-4-5-12(8-10(9)2)11(3)15-13(16)6-7-14/h4-5,8,11H,6H2,1-3H3,(H,15,16). The summed E-state index contributed by atoms with van der Waals surface area (Å²) >= 11 is 0. The molecule has 0 aliphatic rings. The first-order valence-corrected chi connectivity index (χ1v) is 5.28. The van der Waals surface area contributed by atoms with Crippen LogP contribution in [-0.2, 0) is 4.79 Å². The molecule has 1 aromatic carbocycles. The van der Waals surface area contributed by atoms with Crippen LogP contribution in [0.3, 0.4) is 0 Å². The quantitative estimate of drug-likeness (QED) is 0.843. The van der Waals surface area contributed by atoms with Gasteiger partial charge in [-0.1, -0.05) is 18.2 Å². The van der Waals surface area contributed by atoms with Gasteiger partial charge in [-0.15, -0.1) is 0 Å². The van der Waals surface area contributed by atoms with E-state index in [0.29, 0.717) is 0 Å². The maximum absolute atomic E-state index is 11.2. The second kappa shape index (κ2) is 5.32. The first-order chi connectivity index (χ1) is 7.54. The summed E-state index contributed by atoms with van der Waals surface area (Å²) < 4.78 is 0. The van der Waals surface area contributed by atoms with E-state index in [1.807, 2.05) is 32.0 Å². The molecule has 1 unspecified atom stereocenters. The predicted molar refractivity (Wildman–Crippen MR) is 62.7 cm³/mol. The second-order valence-corrected chi connectivity index (χ2v) is 3.97. The van der Waals surface area contributed by atoms with E-state index in [1.54, 1.807) is 0 Å². The molecular weight excluding hydrogens is 200 g/mol. The molecule has 1 N–H and O–H groups in total. The maximum atomic E-state index is 11.2. The molecule has 0 bridgehead atoms. The molecule has 3 nitrogen and oxygen atoms in total. The molecule has 0 radical (unpaired) electrons. The van der Waals surface area contributed by atoms with Crippen molar-refractivity contribution in [2.24, 2.45) is 0 Å². The van der Waals surface area contributed by atoms with Gasteiger partial charge in [0.25, 0.3) is 0 Å². The van der Waals surface area contributed by atoms with Crippen molar-refractivity contribution >= 4 is 5.91 Å². The number of nitrogens with one attached hydrogen (secondary N) is 1. The van der Waals surface area contributed by atoms with Gasteiger partial charge in [0.05, 0.1) is 12.1 Å². The van der Waals surface area contributed by atoms with Crippen molar-refractivity contribution in [3.63, 3.8) is 0 Å². The lowest BCUT2D eigenvalue weighted by atomic mass is 10.0. The Bertz CT molecular complexity index is 432. The molecule has 84 valence electrons. The van der Waals surface area contributed by atoms with E-state index in [2.05, 4.69) is 18.3 Å². The van der Waals surface area contributed by atoms with Crippen molar-refractivity contribution in [3.8, 4) is 6.07 Å². The Kier molecular flexibility index (Phi) is 4.07. The van der Waals surface area contributed by atoms with Gasteiger partial charge in [0.1, 0.15) is 6.42 Å². The summed E-state index contributed by atoms with van der Waals surface area (Å²) in [5.41, 5.74) is 3.51. The van der Waals surface area contributed by atoms with Crippen molar-refractivity contribution in [1.29, 1.82) is 5.26 Å². The van der Waals surface area contributed by atoms with Gasteiger partial charge in [0.15, 0.2) is 0 Å². The summed E-state index contributed by atoms with van der Waals surface area (Å²) in [4.78, 5) is 11.2. The summed E-state index contributed by atoms with van der Waals surface area (Å²) in [5.74, 6) is -0.228. The zero-order valence-electron chi connectivity index (χ0n) is 9.87. The maximum Gasteiger partial charge on any atom is 0.234 e. The Labute approximate surface area is 96.1 Å². The highest BCUT2D eigenvalue weighted by atomic mass is 16.1. The minimum Gasteiger partial charge on any atom is -0.349 e. The van der Waals surface area contributed by atoms with Crippen LogP contribution in [0.5, 0.6) is 0 Å². The molecule has 0 aromatic heterocycles. The Morgan fingerprint density at radius 2 is 2.12 bits per heavy atom. The molecular formula is C13H16N2O. The van der Waals surface area contributed by atoms with E-state index in [4.69, 9.17) is 5.26 Å². The lowest BCUT2D eigenvalue weighted by Crippen LogP contribution is -2.25. The summed E-state index contributed by atoms with van der Waals surface area (Å²) in [6, 6.07) is 7.88. The van der Waals surface area contributed by atoms with Crippen molar-refractivity contribution in [2.75, 3.05) is 0 Å². The zero-order chi connectivity index (χ0) is 12.1. The van der Waals surface area contributed by atoms with Gasteiger partial charge in [-0.25, -0.2) is 0 Å². The van der Waals surface area contributed by atoms with E-state index in [1.165, 1.54) is 11.1 Å². The van der Waals surface area contributed by atoms with Crippen LogP contribution >= 0.6 is 0 Å². The summed E-state index contributed by atoms with van der Waals surface area (Å²) in [7, 11) is 0. The number of hydrogen-bond donors (Lipinski definition) is 1. The van der Waals surface area contributed by atoms with Gasteiger partial charge in [0, 0.05) is 0 Å². The molecule has 3 heteroatoms. The molecule has 0 heterocycles. The number of rotatable bonds is 3. The Balaban J connectivity index is 2.74. The van der Waals surface area contributed by atoms with Crippen LogP contribution in [0.15, 0.2) is 18.2 Å². The van der Waals surface area contributed by atoms with Crippen LogP contribution in [0.25, 0.3) is 0 Å². The first-order valence-electron chi connectivity index (χ1n) is 5.28. The lowest BCUT2D eigenvalue weighted by Gasteiger charge is -2.14. The predicted octanol–water partition coefficient (Wildman–Crippen LogP) is 2.39. The number of nitriles is 1. The third-order valence-electron chi connectivity index (χ3n) is 2.65. The average molecular weight is 216 g/mol. The highest BCUT2D eigenvalue weighted by molar-refractivity contribution is 5.78. The fourth-order valence-corrected chi connectivity index (χ4v) is 1.48. The topological polar surface area (TPSA) is 52.9 Å². The number of amides is 1. The van der Waals surface area contributed by atoms with E-state index in [0.717, 1.165) is 5.56 Å². The second-order valence-electron chi connectivity index (χ2n) is 3.97. The molecule has 0 saturated heterocycles. The minimum atomic E-state index is -0.228. The number of carbonyl (C=O) groups is 1. The summed E-state index contributed by atoms with van der Waals surface area (Å²) in [6.45, 7) is 6.01. The summed E-state index contributed by atoms with van der Waals surface area (Å²) in [6.07, 6.45) is -0.0881. The number of hydrogen-bond acceptors (Lipinski definition) is 2. The van der Waals surface area contributed by atoms with Crippen molar-refractivity contribution in [2.45, 2.75) is 33.2 Å². The largest absolute Gasteiger partial charge is 0.349 e. The van der Waals surface area contributed by atoms with Crippen LogP contribution in [-0.4, -0.2) is 5.91 Å². The van der Waals surface area contributed by atoms with E-state index in [9.17, 15) is 4.79 Å². The fourth-order valence-electron chi connectivity index (χ4n) is 1.48. The van der Waals surface area contributed by atoms with Gasteiger partial charge in [0.2, 0.25) is 5.91 Å². The fraction of sp³-hybridized carbons (Fsp3) is 0.385. The zero-order valence-corrected chi connectivity index (χ0v) is 9.87. The van der Waals surface area contributed by atoms with Crippen LogP contribution in [0.4, 0.5) is 0 Å².